The Balaban J connectivity index is 1.29. The van der Waals surface area contributed by atoms with Crippen molar-refractivity contribution in [3.8, 4) is 0 Å². The highest BCUT2D eigenvalue weighted by Crippen LogP contribution is 2.51. The topological polar surface area (TPSA) is 42.0 Å². The Kier molecular flexibility index (Phi) is 5.27. The fourth-order valence-corrected chi connectivity index (χ4v) is 5.39. The molecule has 1 fully saturated rings. The third-order valence-electron chi connectivity index (χ3n) is 6.91. The van der Waals surface area contributed by atoms with Gasteiger partial charge in [-0.3, -0.25) is 9.78 Å². The number of hydrogen-bond acceptors (Lipinski definition) is 2. The molecule has 1 N–H and O–H groups in total. The number of anilines is 1. The second kappa shape index (κ2) is 8.08. The van der Waals surface area contributed by atoms with Gasteiger partial charge in [-0.1, -0.05) is 23.3 Å². The number of aromatic nitrogens is 1. The normalized spacial score (nSPS) is 23.5. The summed E-state index contributed by atoms with van der Waals surface area (Å²) in [6.45, 7) is 1.98. The minimum atomic E-state index is -0.220. The zero-order valence-electron chi connectivity index (χ0n) is 17.3. The summed E-state index contributed by atoms with van der Waals surface area (Å²) in [4.78, 5) is 17.1. The van der Waals surface area contributed by atoms with Gasteiger partial charge in [0.1, 0.15) is 5.82 Å². The van der Waals surface area contributed by atoms with Crippen molar-refractivity contribution in [2.24, 2.45) is 17.8 Å². The monoisotopic (exact) mass is 434 g/mol. The van der Waals surface area contributed by atoms with Crippen LogP contribution in [0.15, 0.2) is 66.4 Å². The molecule has 0 bridgehead atoms. The van der Waals surface area contributed by atoms with Crippen molar-refractivity contribution in [2.45, 2.75) is 32.1 Å². The lowest BCUT2D eigenvalue weighted by Gasteiger charge is -2.17. The fourth-order valence-electron chi connectivity index (χ4n) is 5.26. The van der Waals surface area contributed by atoms with Crippen LogP contribution in [0.5, 0.6) is 0 Å². The van der Waals surface area contributed by atoms with Gasteiger partial charge < -0.3 is 5.32 Å². The van der Waals surface area contributed by atoms with Crippen LogP contribution >= 0.6 is 11.6 Å². The van der Waals surface area contributed by atoms with Crippen molar-refractivity contribution in [1.29, 1.82) is 0 Å². The molecule has 3 aromatic rings. The van der Waals surface area contributed by atoms with E-state index >= 15 is 0 Å². The molecule has 5 rings (SSSR count). The van der Waals surface area contributed by atoms with Crippen LogP contribution in [0.4, 0.5) is 10.1 Å². The lowest BCUT2D eigenvalue weighted by atomic mass is 9.90. The van der Waals surface area contributed by atoms with Crippen molar-refractivity contribution >= 4 is 34.1 Å². The molecule has 1 amide bonds. The number of allylic oxidation sites excluding steroid dienone is 1. The number of benzene rings is 2. The summed E-state index contributed by atoms with van der Waals surface area (Å²) in [5.41, 5.74) is 4.03. The Bertz CT molecular complexity index is 1170. The molecule has 1 aromatic heterocycles. The van der Waals surface area contributed by atoms with Crippen LogP contribution in [0.3, 0.4) is 0 Å². The number of halogens is 2. The average Bonchev–Trinajstić information content (AvgIpc) is 3.33. The molecular formula is C26H24ClFN2O. The molecule has 2 aliphatic rings. The Hall–Kier alpha value is -2.72. The summed E-state index contributed by atoms with van der Waals surface area (Å²) in [6, 6.07) is 14.0. The van der Waals surface area contributed by atoms with E-state index in [-0.39, 0.29) is 17.6 Å². The lowest BCUT2D eigenvalue weighted by molar-refractivity contribution is -0.118. The summed E-state index contributed by atoms with van der Waals surface area (Å²) < 4.78 is 13.8. The van der Waals surface area contributed by atoms with Gasteiger partial charge in [0.15, 0.2) is 0 Å². The van der Waals surface area contributed by atoms with E-state index in [1.807, 2.05) is 31.3 Å². The van der Waals surface area contributed by atoms with E-state index in [1.54, 1.807) is 24.3 Å². The highest BCUT2D eigenvalue weighted by Gasteiger charge is 2.40. The molecule has 1 unspecified atom stereocenters. The number of carbonyl (C=O) groups is 1. The third-order valence-corrected chi connectivity index (χ3v) is 7.17. The molecule has 0 aliphatic heterocycles. The van der Waals surface area contributed by atoms with Crippen molar-refractivity contribution in [2.75, 3.05) is 5.32 Å². The van der Waals surface area contributed by atoms with Crippen molar-refractivity contribution < 1.29 is 9.18 Å². The number of nitrogens with zero attached hydrogens (tertiary/aromatic N) is 1. The van der Waals surface area contributed by atoms with Gasteiger partial charge in [-0.15, -0.1) is 0 Å². The first-order chi connectivity index (χ1) is 15.0. The molecule has 0 spiro atoms. The molecule has 4 atom stereocenters. The van der Waals surface area contributed by atoms with Crippen molar-refractivity contribution in [1.82, 2.24) is 4.98 Å². The van der Waals surface area contributed by atoms with E-state index in [2.05, 4.69) is 16.4 Å². The van der Waals surface area contributed by atoms with Gasteiger partial charge in [-0.05, 0) is 98.0 Å². The lowest BCUT2D eigenvalue weighted by Crippen LogP contribution is -2.21. The molecule has 0 saturated heterocycles. The largest absolute Gasteiger partial charge is 0.326 e. The van der Waals surface area contributed by atoms with Gasteiger partial charge in [0.2, 0.25) is 5.91 Å². The summed E-state index contributed by atoms with van der Waals surface area (Å²) in [5.74, 6) is 1.06. The summed E-state index contributed by atoms with van der Waals surface area (Å²) in [5, 5.41) is 4.56. The zero-order chi connectivity index (χ0) is 21.5. The van der Waals surface area contributed by atoms with Gasteiger partial charge in [0.05, 0.1) is 11.4 Å². The SMILES string of the molecule is CC(C(=O)Nc1ccc(Cl)cc1)C1=C[C@H]2C[C@@H](c3ccnc4ccc(F)cc34)C[C@H]2C1. The zero-order valence-corrected chi connectivity index (χ0v) is 18.1. The standard InChI is InChI=1S/C26H24ClFN2O/c1-15(26(31)30-22-5-2-20(27)3-6-22)16-10-17-12-19(13-18(17)11-16)23-8-9-29-25-7-4-21(28)14-24(23)25/h2-10,14-15,17-19H,11-13H2,1H3,(H,30,31)/t15?,17-,18+,19+/m0/s1. The highest BCUT2D eigenvalue weighted by atomic mass is 35.5. The maximum absolute atomic E-state index is 13.8. The number of nitrogens with one attached hydrogen (secondary N) is 1. The summed E-state index contributed by atoms with van der Waals surface area (Å²) in [7, 11) is 0. The summed E-state index contributed by atoms with van der Waals surface area (Å²) in [6.07, 6.45) is 7.20. The van der Waals surface area contributed by atoms with Crippen LogP contribution in [0.25, 0.3) is 10.9 Å². The Morgan fingerprint density at radius 2 is 1.97 bits per heavy atom. The number of amides is 1. The van der Waals surface area contributed by atoms with Gasteiger partial charge in [-0.2, -0.15) is 0 Å². The van der Waals surface area contributed by atoms with E-state index in [1.165, 1.54) is 17.2 Å². The highest BCUT2D eigenvalue weighted by molar-refractivity contribution is 6.30. The fraction of sp³-hybridized carbons (Fsp3) is 0.308. The minimum Gasteiger partial charge on any atom is -0.326 e. The van der Waals surface area contributed by atoms with Crippen LogP contribution in [0.2, 0.25) is 5.02 Å². The maximum atomic E-state index is 13.8. The van der Waals surface area contributed by atoms with E-state index in [4.69, 9.17) is 11.6 Å². The van der Waals surface area contributed by atoms with Gasteiger partial charge in [0, 0.05) is 22.3 Å². The second-order valence-electron chi connectivity index (χ2n) is 8.82. The number of hydrogen-bond donors (Lipinski definition) is 1. The molecule has 3 nitrogen and oxygen atoms in total. The molecule has 1 heterocycles. The number of carbonyl (C=O) groups excluding carboxylic acids is 1. The van der Waals surface area contributed by atoms with E-state index in [9.17, 15) is 9.18 Å². The molecule has 2 aliphatic carbocycles. The number of fused-ring (bicyclic) bond motifs is 2. The molecule has 0 radical (unpaired) electrons. The summed E-state index contributed by atoms with van der Waals surface area (Å²) >= 11 is 5.92. The van der Waals surface area contributed by atoms with Crippen LogP contribution in [0.1, 0.15) is 37.7 Å². The molecule has 158 valence electrons. The molecule has 5 heteroatoms. The second-order valence-corrected chi connectivity index (χ2v) is 9.25. The van der Waals surface area contributed by atoms with E-state index in [0.717, 1.165) is 35.9 Å². The minimum absolute atomic E-state index is 0.0145. The van der Waals surface area contributed by atoms with Crippen molar-refractivity contribution in [3.63, 3.8) is 0 Å². The van der Waals surface area contributed by atoms with Crippen LogP contribution in [0, 0.1) is 23.6 Å². The maximum Gasteiger partial charge on any atom is 0.231 e. The molecular weight excluding hydrogens is 411 g/mol. The first-order valence-electron chi connectivity index (χ1n) is 10.8. The quantitative estimate of drug-likeness (QED) is 0.462. The van der Waals surface area contributed by atoms with Crippen molar-refractivity contribution in [3.05, 3.63) is 82.8 Å². The van der Waals surface area contributed by atoms with E-state index < -0.39 is 0 Å². The van der Waals surface area contributed by atoms with E-state index in [0.29, 0.717) is 22.8 Å². The first kappa shape index (κ1) is 20.2. The Morgan fingerprint density at radius 1 is 1.16 bits per heavy atom. The van der Waals surface area contributed by atoms with Gasteiger partial charge in [0.25, 0.3) is 0 Å². The molecule has 31 heavy (non-hydrogen) atoms. The predicted molar refractivity (Wildman–Crippen MR) is 123 cm³/mol. The van der Waals surface area contributed by atoms with Gasteiger partial charge >= 0.3 is 0 Å². The average molecular weight is 435 g/mol. The van der Waals surface area contributed by atoms with Gasteiger partial charge in [-0.25, -0.2) is 4.39 Å². The molecule has 1 saturated carbocycles. The van der Waals surface area contributed by atoms with Crippen LogP contribution in [-0.2, 0) is 4.79 Å². The number of rotatable bonds is 4. The smallest absolute Gasteiger partial charge is 0.231 e. The third kappa shape index (κ3) is 3.97. The van der Waals surface area contributed by atoms with Crippen LogP contribution < -0.4 is 5.32 Å². The first-order valence-corrected chi connectivity index (χ1v) is 11.2. The number of pyridine rings is 1. The molecule has 2 aromatic carbocycles. The predicted octanol–water partition coefficient (Wildman–Crippen LogP) is 6.74. The van der Waals surface area contributed by atoms with Crippen LogP contribution in [-0.4, -0.2) is 10.9 Å². The Morgan fingerprint density at radius 3 is 2.74 bits per heavy atom. The Labute approximate surface area is 186 Å².